The molecule has 2 aromatic carbocycles. The second kappa shape index (κ2) is 9.76. The molecule has 0 saturated heterocycles. The second-order valence-electron chi connectivity index (χ2n) is 9.05. The van der Waals surface area contributed by atoms with Crippen LogP contribution in [0.5, 0.6) is 5.88 Å². The zero-order valence-electron chi connectivity index (χ0n) is 19.9. The van der Waals surface area contributed by atoms with Gasteiger partial charge in [0.05, 0.1) is 40.8 Å². The summed E-state index contributed by atoms with van der Waals surface area (Å²) in [5.74, 6) is 0.0441. The molecule has 2 N–H and O–H groups in total. The highest BCUT2D eigenvalue weighted by Crippen LogP contribution is 2.27. The summed E-state index contributed by atoms with van der Waals surface area (Å²) < 4.78 is 6.96. The Morgan fingerprint density at radius 2 is 1.91 bits per heavy atom. The zero-order valence-corrected chi connectivity index (χ0v) is 20.7. The minimum absolute atomic E-state index is 0.0750. The summed E-state index contributed by atoms with van der Waals surface area (Å²) in [6.45, 7) is 5.83. The van der Waals surface area contributed by atoms with Crippen LogP contribution in [0.2, 0.25) is 5.02 Å². The van der Waals surface area contributed by atoms with E-state index in [1.54, 1.807) is 54.5 Å². The van der Waals surface area contributed by atoms with Gasteiger partial charge in [-0.25, -0.2) is 9.67 Å². The fourth-order valence-corrected chi connectivity index (χ4v) is 3.71. The van der Waals surface area contributed by atoms with Gasteiger partial charge in [0, 0.05) is 29.6 Å². The number of rotatable bonds is 6. The molecule has 0 saturated carbocycles. The van der Waals surface area contributed by atoms with Crippen molar-refractivity contribution >= 4 is 40.0 Å². The highest BCUT2D eigenvalue weighted by Gasteiger charge is 2.21. The number of aromatic nitrogens is 3. The molecule has 180 valence electrons. The molecule has 35 heavy (non-hydrogen) atoms. The summed E-state index contributed by atoms with van der Waals surface area (Å²) in [5.41, 5.74) is 2.77. The molecule has 0 bridgehead atoms. The van der Waals surface area contributed by atoms with Crippen molar-refractivity contribution in [3.05, 3.63) is 77.1 Å². The number of hydrogen-bond donors (Lipinski definition) is 2. The SMILES string of the molecule is COc1cc(-n2ncc3c(NC(=O)c4cc(CNC(=O)C(C)(C)C)ccc4Cl)cccc32)ccn1. The molecule has 0 radical (unpaired) electrons. The second-order valence-corrected chi connectivity index (χ2v) is 9.46. The van der Waals surface area contributed by atoms with Crippen molar-refractivity contribution in [2.45, 2.75) is 27.3 Å². The van der Waals surface area contributed by atoms with Gasteiger partial charge < -0.3 is 15.4 Å². The van der Waals surface area contributed by atoms with Crippen molar-refractivity contribution in [2.75, 3.05) is 12.4 Å². The van der Waals surface area contributed by atoms with Gasteiger partial charge in [0.15, 0.2) is 0 Å². The lowest BCUT2D eigenvalue weighted by atomic mass is 9.95. The molecule has 2 amide bonds. The molecule has 2 heterocycles. The van der Waals surface area contributed by atoms with Gasteiger partial charge >= 0.3 is 0 Å². The van der Waals surface area contributed by atoms with Crippen LogP contribution in [0.4, 0.5) is 5.69 Å². The van der Waals surface area contributed by atoms with E-state index in [2.05, 4.69) is 20.7 Å². The Labute approximate surface area is 208 Å². The van der Waals surface area contributed by atoms with E-state index in [0.29, 0.717) is 28.7 Å². The van der Waals surface area contributed by atoms with Gasteiger partial charge in [-0.3, -0.25) is 9.59 Å². The predicted octanol–water partition coefficient (Wildman–Crippen LogP) is 5.00. The van der Waals surface area contributed by atoms with Crippen molar-refractivity contribution in [3.8, 4) is 11.6 Å². The van der Waals surface area contributed by atoms with E-state index in [1.165, 1.54) is 0 Å². The van der Waals surface area contributed by atoms with Gasteiger partial charge in [-0.1, -0.05) is 44.5 Å². The minimum atomic E-state index is -0.503. The number of ether oxygens (including phenoxy) is 1. The van der Waals surface area contributed by atoms with E-state index < -0.39 is 5.41 Å². The van der Waals surface area contributed by atoms with Crippen LogP contribution in [0.15, 0.2) is 60.9 Å². The lowest BCUT2D eigenvalue weighted by molar-refractivity contribution is -0.128. The molecule has 0 aliphatic carbocycles. The van der Waals surface area contributed by atoms with Crippen molar-refractivity contribution < 1.29 is 14.3 Å². The van der Waals surface area contributed by atoms with Crippen molar-refractivity contribution in [3.63, 3.8) is 0 Å². The number of methoxy groups -OCH3 is 1. The van der Waals surface area contributed by atoms with Crippen LogP contribution < -0.4 is 15.4 Å². The number of benzene rings is 2. The number of fused-ring (bicyclic) bond motifs is 1. The molecule has 0 unspecified atom stereocenters. The molecule has 4 aromatic rings. The summed E-state index contributed by atoms with van der Waals surface area (Å²) in [7, 11) is 1.56. The van der Waals surface area contributed by atoms with Crippen molar-refractivity contribution in [2.24, 2.45) is 5.41 Å². The first-order valence-electron chi connectivity index (χ1n) is 11.0. The quantitative estimate of drug-likeness (QED) is 0.395. The molecule has 0 aliphatic heterocycles. The van der Waals surface area contributed by atoms with Crippen LogP contribution in [0.3, 0.4) is 0 Å². The first kappa shape index (κ1) is 24.2. The third-order valence-corrected chi connectivity index (χ3v) is 5.77. The molecule has 0 atom stereocenters. The summed E-state index contributed by atoms with van der Waals surface area (Å²) in [5, 5.41) is 11.4. The fraction of sp³-hybridized carbons (Fsp3) is 0.231. The fourth-order valence-electron chi connectivity index (χ4n) is 3.50. The largest absolute Gasteiger partial charge is 0.481 e. The summed E-state index contributed by atoms with van der Waals surface area (Å²) in [6, 6.07) is 14.3. The topological polar surface area (TPSA) is 98.1 Å². The average molecular weight is 492 g/mol. The lowest BCUT2D eigenvalue weighted by Gasteiger charge is -2.18. The number of amides is 2. The minimum Gasteiger partial charge on any atom is -0.481 e. The van der Waals surface area contributed by atoms with Crippen LogP contribution >= 0.6 is 11.6 Å². The standard InChI is InChI=1S/C26H26ClN5O3/c1-26(2,3)25(34)29-14-16-8-9-20(27)18(12-16)24(33)31-21-6-5-7-22-19(21)15-30-32(22)17-10-11-28-23(13-17)35-4/h5-13,15H,14H2,1-4H3,(H,29,34)(H,31,33). The number of carbonyl (C=O) groups excluding carboxylic acids is 2. The van der Waals surface area contributed by atoms with Crippen molar-refractivity contribution in [1.82, 2.24) is 20.1 Å². The Kier molecular flexibility index (Phi) is 6.75. The number of halogens is 1. The monoisotopic (exact) mass is 491 g/mol. The smallest absolute Gasteiger partial charge is 0.257 e. The van der Waals surface area contributed by atoms with Crippen LogP contribution in [-0.2, 0) is 11.3 Å². The zero-order chi connectivity index (χ0) is 25.2. The van der Waals surface area contributed by atoms with Gasteiger partial charge in [0.2, 0.25) is 11.8 Å². The number of nitrogens with one attached hydrogen (secondary N) is 2. The molecule has 0 aliphatic rings. The lowest BCUT2D eigenvalue weighted by Crippen LogP contribution is -2.34. The van der Waals surface area contributed by atoms with Gasteiger partial charge in [0.1, 0.15) is 0 Å². The number of anilines is 1. The number of nitrogens with zero attached hydrogens (tertiary/aromatic N) is 3. The van der Waals surface area contributed by atoms with Crippen LogP contribution in [0.25, 0.3) is 16.6 Å². The predicted molar refractivity (Wildman–Crippen MR) is 136 cm³/mol. The summed E-state index contributed by atoms with van der Waals surface area (Å²) >= 11 is 6.34. The number of hydrogen-bond acceptors (Lipinski definition) is 5. The summed E-state index contributed by atoms with van der Waals surface area (Å²) in [6.07, 6.45) is 3.34. The van der Waals surface area contributed by atoms with Crippen LogP contribution in [0.1, 0.15) is 36.7 Å². The van der Waals surface area contributed by atoms with Gasteiger partial charge in [0.25, 0.3) is 5.91 Å². The first-order chi connectivity index (χ1) is 16.7. The highest BCUT2D eigenvalue weighted by molar-refractivity contribution is 6.34. The van der Waals surface area contributed by atoms with E-state index >= 15 is 0 Å². The van der Waals surface area contributed by atoms with Crippen LogP contribution in [0, 0.1) is 5.41 Å². The maximum absolute atomic E-state index is 13.2. The molecule has 4 rings (SSSR count). The molecular formula is C26H26ClN5O3. The number of pyridine rings is 1. The highest BCUT2D eigenvalue weighted by atomic mass is 35.5. The Hall–Kier alpha value is -3.91. The maximum Gasteiger partial charge on any atom is 0.257 e. The molecular weight excluding hydrogens is 466 g/mol. The maximum atomic E-state index is 13.2. The molecule has 2 aromatic heterocycles. The average Bonchev–Trinajstić information content (AvgIpc) is 3.28. The van der Waals surface area contributed by atoms with Crippen LogP contribution in [-0.4, -0.2) is 33.7 Å². The van der Waals surface area contributed by atoms with Gasteiger partial charge in [-0.05, 0) is 35.9 Å². The number of carbonyl (C=O) groups is 2. The summed E-state index contributed by atoms with van der Waals surface area (Å²) in [4.78, 5) is 29.5. The van der Waals surface area contributed by atoms with E-state index in [9.17, 15) is 9.59 Å². The normalized spacial score (nSPS) is 11.3. The third-order valence-electron chi connectivity index (χ3n) is 5.44. The van der Waals surface area contributed by atoms with E-state index in [4.69, 9.17) is 16.3 Å². The Morgan fingerprint density at radius 1 is 1.11 bits per heavy atom. The molecule has 0 spiro atoms. The van der Waals surface area contributed by atoms with Crippen molar-refractivity contribution in [1.29, 1.82) is 0 Å². The molecule has 9 heteroatoms. The third kappa shape index (κ3) is 5.27. The van der Waals surface area contributed by atoms with E-state index in [-0.39, 0.29) is 11.8 Å². The Morgan fingerprint density at radius 3 is 2.66 bits per heavy atom. The van der Waals surface area contributed by atoms with Gasteiger partial charge in [-0.15, -0.1) is 0 Å². The van der Waals surface area contributed by atoms with E-state index in [0.717, 1.165) is 22.2 Å². The van der Waals surface area contributed by atoms with Gasteiger partial charge in [-0.2, -0.15) is 5.10 Å². The molecule has 0 fully saturated rings. The Balaban J connectivity index is 1.58. The first-order valence-corrected chi connectivity index (χ1v) is 11.4. The molecule has 8 nitrogen and oxygen atoms in total. The Bertz CT molecular complexity index is 1410. The van der Waals surface area contributed by atoms with E-state index in [1.807, 2.05) is 39.0 Å².